The number of nitrogens with zero attached hydrogens (tertiary/aromatic N) is 1. The first-order valence-corrected chi connectivity index (χ1v) is 8.80. The molecule has 128 valence electrons. The fourth-order valence-corrected chi connectivity index (χ4v) is 2.89. The zero-order chi connectivity index (χ0) is 18.2. The monoisotopic (exact) mass is 422 g/mol. The van der Waals surface area contributed by atoms with Gasteiger partial charge in [-0.15, -0.1) is 11.8 Å². The Labute approximate surface area is 156 Å². The van der Waals surface area contributed by atoms with E-state index in [0.29, 0.717) is 10.2 Å². The number of amides is 1. The van der Waals surface area contributed by atoms with Gasteiger partial charge in [-0.1, -0.05) is 28.1 Å². The van der Waals surface area contributed by atoms with Crippen LogP contribution in [-0.2, 0) is 9.53 Å². The summed E-state index contributed by atoms with van der Waals surface area (Å²) in [7, 11) is 0. The Balaban J connectivity index is 1.96. The van der Waals surface area contributed by atoms with E-state index >= 15 is 0 Å². The Morgan fingerprint density at radius 1 is 1.28 bits per heavy atom. The first kappa shape index (κ1) is 19.0. The second-order valence-corrected chi connectivity index (χ2v) is 6.62. The van der Waals surface area contributed by atoms with Gasteiger partial charge in [0.25, 0.3) is 5.91 Å². The predicted molar refractivity (Wildman–Crippen MR) is 95.8 cm³/mol. The number of hydrogen-bond acceptors (Lipinski definition) is 5. The summed E-state index contributed by atoms with van der Waals surface area (Å²) in [6.45, 7) is -0.554. The van der Waals surface area contributed by atoms with Crippen molar-refractivity contribution in [1.29, 1.82) is 5.26 Å². The van der Waals surface area contributed by atoms with Gasteiger partial charge in [-0.05, 0) is 30.3 Å². The van der Waals surface area contributed by atoms with Gasteiger partial charge in [0.15, 0.2) is 6.61 Å². The molecule has 0 atom stereocenters. The summed E-state index contributed by atoms with van der Waals surface area (Å²) in [6, 6.07) is 12.8. The second-order valence-electron chi connectivity index (χ2n) is 4.69. The molecule has 0 bridgehead atoms. The third-order valence-electron chi connectivity index (χ3n) is 2.94. The van der Waals surface area contributed by atoms with E-state index in [1.807, 2.05) is 6.07 Å². The minimum Gasteiger partial charge on any atom is -0.452 e. The van der Waals surface area contributed by atoms with E-state index in [9.17, 15) is 14.0 Å². The molecule has 2 aromatic rings. The molecule has 0 aliphatic rings. The topological polar surface area (TPSA) is 79.2 Å². The van der Waals surface area contributed by atoms with Crippen molar-refractivity contribution in [2.75, 3.05) is 17.7 Å². The van der Waals surface area contributed by atoms with Crippen molar-refractivity contribution in [2.45, 2.75) is 4.90 Å². The minimum atomic E-state index is -0.930. The Morgan fingerprint density at radius 2 is 2.04 bits per heavy atom. The summed E-state index contributed by atoms with van der Waals surface area (Å²) in [6.07, 6.45) is 0. The summed E-state index contributed by atoms with van der Waals surface area (Å²) in [5.74, 6) is -1.98. The van der Waals surface area contributed by atoms with Crippen molar-refractivity contribution in [2.24, 2.45) is 0 Å². The van der Waals surface area contributed by atoms with Crippen LogP contribution in [0.4, 0.5) is 10.1 Å². The molecule has 5 nitrogen and oxygen atoms in total. The number of nitriles is 1. The van der Waals surface area contributed by atoms with Crippen LogP contribution in [-0.4, -0.2) is 24.2 Å². The molecule has 0 aromatic heterocycles. The lowest BCUT2D eigenvalue weighted by atomic mass is 10.2. The maximum Gasteiger partial charge on any atom is 0.341 e. The molecule has 1 N–H and O–H groups in total. The van der Waals surface area contributed by atoms with Gasteiger partial charge < -0.3 is 10.1 Å². The Bertz CT molecular complexity index is 839. The first-order chi connectivity index (χ1) is 12.0. The van der Waals surface area contributed by atoms with E-state index in [4.69, 9.17) is 10.00 Å². The number of halogens is 2. The molecular formula is C17H12BrFN2O3S. The molecule has 0 unspecified atom stereocenters. The van der Waals surface area contributed by atoms with E-state index < -0.39 is 24.3 Å². The van der Waals surface area contributed by atoms with Gasteiger partial charge in [0.1, 0.15) is 5.82 Å². The van der Waals surface area contributed by atoms with Crippen LogP contribution < -0.4 is 5.32 Å². The number of ether oxygens (including phenoxy) is 1. The lowest BCUT2D eigenvalue weighted by molar-refractivity contribution is -0.119. The molecule has 0 aliphatic heterocycles. The van der Waals surface area contributed by atoms with Crippen molar-refractivity contribution >= 4 is 45.3 Å². The molecule has 2 aromatic carbocycles. The van der Waals surface area contributed by atoms with Crippen LogP contribution in [0.15, 0.2) is 51.8 Å². The summed E-state index contributed by atoms with van der Waals surface area (Å²) >= 11 is 4.41. The normalized spacial score (nSPS) is 9.96. The van der Waals surface area contributed by atoms with Gasteiger partial charge in [-0.25, -0.2) is 9.18 Å². The summed E-state index contributed by atoms with van der Waals surface area (Å²) in [4.78, 5) is 24.6. The van der Waals surface area contributed by atoms with E-state index in [-0.39, 0.29) is 11.3 Å². The quantitative estimate of drug-likeness (QED) is 0.561. The summed E-state index contributed by atoms with van der Waals surface area (Å²) in [5.41, 5.74) is 0.254. The van der Waals surface area contributed by atoms with Gasteiger partial charge in [0.2, 0.25) is 0 Å². The van der Waals surface area contributed by atoms with E-state index in [0.717, 1.165) is 11.0 Å². The number of thioether (sulfide) groups is 1. The van der Waals surface area contributed by atoms with E-state index in [2.05, 4.69) is 21.2 Å². The van der Waals surface area contributed by atoms with Crippen LogP contribution in [0, 0.1) is 17.1 Å². The Kier molecular flexibility index (Phi) is 6.98. The molecule has 0 heterocycles. The number of benzene rings is 2. The largest absolute Gasteiger partial charge is 0.452 e. The highest BCUT2D eigenvalue weighted by atomic mass is 79.9. The van der Waals surface area contributed by atoms with Gasteiger partial charge in [-0.2, -0.15) is 5.26 Å². The number of carbonyl (C=O) groups excluding carboxylic acids is 2. The molecule has 0 saturated carbocycles. The Morgan fingerprint density at radius 3 is 2.80 bits per heavy atom. The zero-order valence-corrected chi connectivity index (χ0v) is 15.2. The minimum absolute atomic E-state index is 0.240. The fourth-order valence-electron chi connectivity index (χ4n) is 1.85. The SMILES string of the molecule is N#CCSc1ccccc1NC(=O)COC(=O)c1cc(Br)ccc1F. The number of carbonyl (C=O) groups is 2. The number of hydrogen-bond donors (Lipinski definition) is 1. The highest BCUT2D eigenvalue weighted by molar-refractivity contribution is 9.10. The predicted octanol–water partition coefficient (Wildman–Crippen LogP) is 4.00. The standard InChI is InChI=1S/C17H12BrFN2O3S/c18-11-5-6-13(19)12(9-11)17(23)24-10-16(22)21-14-3-1-2-4-15(14)25-8-7-20/h1-6,9H,8,10H2,(H,21,22). The molecule has 0 fully saturated rings. The average Bonchev–Trinajstić information content (AvgIpc) is 2.61. The molecule has 2 rings (SSSR count). The van der Waals surface area contributed by atoms with Gasteiger partial charge in [0, 0.05) is 9.37 Å². The van der Waals surface area contributed by atoms with Crippen molar-refractivity contribution in [3.05, 3.63) is 58.3 Å². The number of nitrogens with one attached hydrogen (secondary N) is 1. The smallest absolute Gasteiger partial charge is 0.341 e. The van der Waals surface area contributed by atoms with Crippen molar-refractivity contribution in [3.8, 4) is 6.07 Å². The number of anilines is 1. The molecule has 1 amide bonds. The first-order valence-electron chi connectivity index (χ1n) is 7.02. The van der Waals surface area contributed by atoms with Gasteiger partial charge in [-0.3, -0.25) is 4.79 Å². The van der Waals surface area contributed by atoms with Crippen LogP contribution in [0.5, 0.6) is 0 Å². The lowest BCUT2D eigenvalue weighted by Crippen LogP contribution is -2.21. The fraction of sp³-hybridized carbons (Fsp3) is 0.118. The number of rotatable bonds is 6. The highest BCUT2D eigenvalue weighted by Crippen LogP contribution is 2.26. The number of para-hydroxylation sites is 1. The van der Waals surface area contributed by atoms with E-state index in [1.165, 1.54) is 23.9 Å². The van der Waals surface area contributed by atoms with Crippen LogP contribution in [0.1, 0.15) is 10.4 Å². The average molecular weight is 423 g/mol. The maximum absolute atomic E-state index is 13.6. The van der Waals surface area contributed by atoms with Crippen LogP contribution in [0.3, 0.4) is 0 Å². The Hall–Kier alpha value is -2.37. The van der Waals surface area contributed by atoms with E-state index in [1.54, 1.807) is 24.3 Å². The summed E-state index contributed by atoms with van der Waals surface area (Å²) < 4.78 is 19.0. The highest BCUT2D eigenvalue weighted by Gasteiger charge is 2.16. The molecular weight excluding hydrogens is 411 g/mol. The van der Waals surface area contributed by atoms with Crippen LogP contribution >= 0.6 is 27.7 Å². The molecule has 0 aliphatic carbocycles. The molecule has 0 saturated heterocycles. The van der Waals surface area contributed by atoms with Gasteiger partial charge >= 0.3 is 5.97 Å². The maximum atomic E-state index is 13.6. The zero-order valence-electron chi connectivity index (χ0n) is 12.8. The second kappa shape index (κ2) is 9.20. The molecule has 8 heteroatoms. The molecule has 0 radical (unpaired) electrons. The third-order valence-corrected chi connectivity index (χ3v) is 4.37. The molecule has 25 heavy (non-hydrogen) atoms. The summed E-state index contributed by atoms with van der Waals surface area (Å²) in [5, 5.41) is 11.2. The van der Waals surface area contributed by atoms with Crippen molar-refractivity contribution < 1.29 is 18.7 Å². The van der Waals surface area contributed by atoms with Crippen LogP contribution in [0.2, 0.25) is 0 Å². The molecule has 0 spiro atoms. The van der Waals surface area contributed by atoms with Crippen molar-refractivity contribution in [1.82, 2.24) is 0 Å². The van der Waals surface area contributed by atoms with Crippen molar-refractivity contribution in [3.63, 3.8) is 0 Å². The lowest BCUT2D eigenvalue weighted by Gasteiger charge is -2.10. The van der Waals surface area contributed by atoms with Gasteiger partial charge in [0.05, 0.1) is 23.1 Å². The third kappa shape index (κ3) is 5.59. The van der Waals surface area contributed by atoms with Crippen LogP contribution in [0.25, 0.3) is 0 Å². The number of esters is 1.